The smallest absolute Gasteiger partial charge is 0.274 e. The third-order valence-electron chi connectivity index (χ3n) is 6.29. The molecule has 1 fully saturated rings. The zero-order valence-corrected chi connectivity index (χ0v) is 20.4. The first kappa shape index (κ1) is 26.2. The van der Waals surface area contributed by atoms with E-state index >= 15 is 0 Å². The molecule has 37 heavy (non-hydrogen) atoms. The second-order valence-electron chi connectivity index (χ2n) is 8.73. The normalized spacial score (nSPS) is 17.2. The van der Waals surface area contributed by atoms with Crippen LogP contribution in [0.15, 0.2) is 42.6 Å². The molecule has 0 radical (unpaired) electrons. The van der Waals surface area contributed by atoms with Crippen molar-refractivity contribution in [2.24, 2.45) is 0 Å². The number of aromatic nitrogens is 1. The summed E-state index contributed by atoms with van der Waals surface area (Å²) in [6.07, 6.45) is -0.204. The topological polar surface area (TPSA) is 121 Å². The van der Waals surface area contributed by atoms with Gasteiger partial charge in [0.2, 0.25) is 11.8 Å². The Kier molecular flexibility index (Phi) is 7.55. The van der Waals surface area contributed by atoms with Crippen LogP contribution in [0.4, 0.5) is 8.78 Å². The van der Waals surface area contributed by atoms with Gasteiger partial charge in [-0.15, -0.1) is 0 Å². The number of hydroxylamine groups is 1. The van der Waals surface area contributed by atoms with Crippen molar-refractivity contribution >= 4 is 46.0 Å². The third-order valence-corrected chi connectivity index (χ3v) is 6.58. The molecule has 1 aromatic heterocycles. The molecule has 0 saturated carbocycles. The van der Waals surface area contributed by atoms with E-state index in [0.717, 1.165) is 4.90 Å². The summed E-state index contributed by atoms with van der Waals surface area (Å²) in [5.74, 6) is -2.96. The van der Waals surface area contributed by atoms with Crippen LogP contribution in [-0.4, -0.2) is 56.9 Å². The number of hydrogen-bond donors (Lipinski definition) is 3. The van der Waals surface area contributed by atoms with Crippen LogP contribution in [0.1, 0.15) is 39.6 Å². The van der Waals surface area contributed by atoms with Gasteiger partial charge in [-0.05, 0) is 25.1 Å². The molecule has 0 aliphatic carbocycles. The molecule has 1 aliphatic heterocycles. The van der Waals surface area contributed by atoms with Crippen LogP contribution < -0.4 is 10.8 Å². The lowest BCUT2D eigenvalue weighted by Crippen LogP contribution is -2.46. The maximum absolute atomic E-state index is 14.3. The summed E-state index contributed by atoms with van der Waals surface area (Å²) in [7, 11) is 0. The van der Waals surface area contributed by atoms with Crippen LogP contribution in [0.5, 0.6) is 0 Å². The van der Waals surface area contributed by atoms with Crippen LogP contribution in [0.25, 0.3) is 10.9 Å². The Hall–Kier alpha value is -3.83. The summed E-state index contributed by atoms with van der Waals surface area (Å²) in [5, 5.41) is 11.9. The zero-order valence-electron chi connectivity index (χ0n) is 19.6. The number of Topliss-reactive ketones (excluding diaryl/α,β-unsaturated/α-hetero) is 1. The van der Waals surface area contributed by atoms with E-state index in [2.05, 4.69) is 5.32 Å². The van der Waals surface area contributed by atoms with Gasteiger partial charge in [0.05, 0.1) is 17.1 Å². The lowest BCUT2D eigenvalue weighted by atomic mass is 10.1. The van der Waals surface area contributed by atoms with Gasteiger partial charge in [0.25, 0.3) is 5.91 Å². The van der Waals surface area contributed by atoms with Gasteiger partial charge < -0.3 is 14.8 Å². The van der Waals surface area contributed by atoms with E-state index in [1.807, 2.05) is 0 Å². The van der Waals surface area contributed by atoms with Crippen molar-refractivity contribution in [1.29, 1.82) is 0 Å². The standard InChI is InChI=1S/C25H23ClF2N4O5/c1-13(33)18-11-31(20-7-14(24(35)30-37)5-6-17(18)20)12-22(34)32-10-16(27)8-21(32)25(36)29-9-15-3-2-4-19(26)23(15)28/h2-7,11,16,21,37H,8-10,12H2,1H3,(H,29,36)(H,30,35)/t16-,21+/m1/s1. The molecular formula is C25H23ClF2N4O5. The van der Waals surface area contributed by atoms with Gasteiger partial charge >= 0.3 is 0 Å². The van der Waals surface area contributed by atoms with Gasteiger partial charge in [-0.2, -0.15) is 0 Å². The summed E-state index contributed by atoms with van der Waals surface area (Å²) in [6.45, 7) is 0.514. The highest BCUT2D eigenvalue weighted by atomic mass is 35.5. The van der Waals surface area contributed by atoms with E-state index in [-0.39, 0.29) is 48.0 Å². The summed E-state index contributed by atoms with van der Waals surface area (Å²) in [5.41, 5.74) is 2.44. The molecule has 3 aromatic rings. The predicted molar refractivity (Wildman–Crippen MR) is 129 cm³/mol. The number of alkyl halides is 1. The molecule has 0 bridgehead atoms. The van der Waals surface area contributed by atoms with Crippen molar-refractivity contribution in [2.45, 2.75) is 38.6 Å². The Balaban J connectivity index is 1.56. The highest BCUT2D eigenvalue weighted by molar-refractivity contribution is 6.30. The third kappa shape index (κ3) is 5.32. The number of nitrogens with one attached hydrogen (secondary N) is 2. The summed E-state index contributed by atoms with van der Waals surface area (Å²) in [6, 6.07) is 7.59. The fourth-order valence-corrected chi connectivity index (χ4v) is 4.63. The van der Waals surface area contributed by atoms with E-state index in [1.165, 1.54) is 59.6 Å². The number of halogens is 3. The number of rotatable bonds is 7. The molecular weight excluding hydrogens is 510 g/mol. The Bertz CT molecular complexity index is 1410. The molecule has 1 saturated heterocycles. The maximum atomic E-state index is 14.3. The molecule has 2 heterocycles. The number of nitrogens with zero attached hydrogens (tertiary/aromatic N) is 2. The molecule has 3 N–H and O–H groups in total. The lowest BCUT2D eigenvalue weighted by molar-refractivity contribution is -0.139. The Labute approximate surface area is 214 Å². The molecule has 12 heteroatoms. The monoisotopic (exact) mass is 532 g/mol. The maximum Gasteiger partial charge on any atom is 0.274 e. The first-order valence-electron chi connectivity index (χ1n) is 11.3. The second kappa shape index (κ2) is 10.7. The average Bonchev–Trinajstić information content (AvgIpc) is 3.44. The van der Waals surface area contributed by atoms with Crippen LogP contribution in [0.3, 0.4) is 0 Å². The minimum absolute atomic E-state index is 0.0902. The van der Waals surface area contributed by atoms with Gasteiger partial charge in [-0.25, -0.2) is 14.3 Å². The van der Waals surface area contributed by atoms with Gasteiger partial charge in [0.15, 0.2) is 5.78 Å². The fraction of sp³-hybridized carbons (Fsp3) is 0.280. The fourth-order valence-electron chi connectivity index (χ4n) is 4.44. The Morgan fingerprint density at radius 1 is 1.19 bits per heavy atom. The van der Waals surface area contributed by atoms with Gasteiger partial charge in [-0.3, -0.25) is 24.4 Å². The summed E-state index contributed by atoms with van der Waals surface area (Å²) >= 11 is 5.77. The predicted octanol–water partition coefficient (Wildman–Crippen LogP) is 3.01. The second-order valence-corrected chi connectivity index (χ2v) is 9.13. The van der Waals surface area contributed by atoms with Gasteiger partial charge in [-0.1, -0.05) is 29.8 Å². The minimum atomic E-state index is -1.43. The highest BCUT2D eigenvalue weighted by Crippen LogP contribution is 2.26. The van der Waals surface area contributed by atoms with Crippen molar-refractivity contribution < 1.29 is 33.2 Å². The number of likely N-dealkylation sites (tertiary alicyclic amines) is 1. The number of fused-ring (bicyclic) bond motifs is 1. The number of benzene rings is 2. The van der Waals surface area contributed by atoms with Crippen molar-refractivity contribution in [1.82, 2.24) is 20.3 Å². The molecule has 1 aliphatic rings. The lowest BCUT2D eigenvalue weighted by Gasteiger charge is -2.24. The number of carbonyl (C=O) groups is 4. The molecule has 194 valence electrons. The number of hydrogen-bond acceptors (Lipinski definition) is 5. The quantitative estimate of drug-likeness (QED) is 0.245. The molecule has 4 rings (SSSR count). The van der Waals surface area contributed by atoms with Crippen LogP contribution in [0, 0.1) is 5.82 Å². The van der Waals surface area contributed by atoms with E-state index in [0.29, 0.717) is 16.5 Å². The molecule has 2 aromatic carbocycles. The van der Waals surface area contributed by atoms with Crippen molar-refractivity contribution in [3.05, 3.63) is 70.1 Å². The number of amides is 3. The SMILES string of the molecule is CC(=O)c1cn(CC(=O)N2C[C@H](F)C[C@H]2C(=O)NCc2cccc(Cl)c2F)c2cc(C(=O)NO)ccc12. The van der Waals surface area contributed by atoms with E-state index in [9.17, 15) is 28.0 Å². The van der Waals surface area contributed by atoms with Crippen LogP contribution in [0.2, 0.25) is 5.02 Å². The summed E-state index contributed by atoms with van der Waals surface area (Å²) in [4.78, 5) is 51.2. The zero-order chi connectivity index (χ0) is 26.9. The molecule has 0 spiro atoms. The van der Waals surface area contributed by atoms with Crippen LogP contribution >= 0.6 is 11.6 Å². The number of ketones is 1. The van der Waals surface area contributed by atoms with Crippen LogP contribution in [-0.2, 0) is 22.7 Å². The summed E-state index contributed by atoms with van der Waals surface area (Å²) < 4.78 is 29.9. The highest BCUT2D eigenvalue weighted by Gasteiger charge is 2.39. The molecule has 2 atom stereocenters. The molecule has 0 unspecified atom stereocenters. The van der Waals surface area contributed by atoms with E-state index < -0.39 is 35.8 Å². The first-order chi connectivity index (χ1) is 17.6. The largest absolute Gasteiger partial charge is 0.350 e. The van der Waals surface area contributed by atoms with E-state index in [1.54, 1.807) is 0 Å². The molecule has 3 amide bonds. The van der Waals surface area contributed by atoms with Crippen molar-refractivity contribution in [3.63, 3.8) is 0 Å². The van der Waals surface area contributed by atoms with Gasteiger partial charge in [0, 0.05) is 41.2 Å². The first-order valence-corrected chi connectivity index (χ1v) is 11.7. The minimum Gasteiger partial charge on any atom is -0.350 e. The van der Waals surface area contributed by atoms with E-state index in [4.69, 9.17) is 16.8 Å². The van der Waals surface area contributed by atoms with Crippen molar-refractivity contribution in [2.75, 3.05) is 6.54 Å². The number of carbonyl (C=O) groups excluding carboxylic acids is 4. The Morgan fingerprint density at radius 2 is 1.95 bits per heavy atom. The Morgan fingerprint density at radius 3 is 2.65 bits per heavy atom. The average molecular weight is 533 g/mol. The molecule has 9 nitrogen and oxygen atoms in total. The van der Waals surface area contributed by atoms with Crippen molar-refractivity contribution in [3.8, 4) is 0 Å². The van der Waals surface area contributed by atoms with Gasteiger partial charge in [0.1, 0.15) is 24.6 Å².